The minimum absolute atomic E-state index is 0.105. The van der Waals surface area contributed by atoms with E-state index in [-0.39, 0.29) is 6.10 Å². The van der Waals surface area contributed by atoms with Crippen molar-refractivity contribution >= 4 is 10.9 Å². The van der Waals surface area contributed by atoms with Gasteiger partial charge in [0.25, 0.3) is 0 Å². The summed E-state index contributed by atoms with van der Waals surface area (Å²) in [4.78, 5) is 3.20. The third-order valence-electron chi connectivity index (χ3n) is 4.15. The number of benzene rings is 1. The highest BCUT2D eigenvalue weighted by Gasteiger charge is 2.41. The predicted octanol–water partition coefficient (Wildman–Crippen LogP) is 2.94. The van der Waals surface area contributed by atoms with Crippen molar-refractivity contribution in [1.82, 2.24) is 4.98 Å². The van der Waals surface area contributed by atoms with Crippen LogP contribution < -0.4 is 0 Å². The Kier molecular flexibility index (Phi) is 2.88. The van der Waals surface area contributed by atoms with Gasteiger partial charge in [0, 0.05) is 24.2 Å². The zero-order chi connectivity index (χ0) is 12.6. The molecule has 0 amide bonds. The monoisotopic (exact) mass is 245 g/mol. The van der Waals surface area contributed by atoms with Gasteiger partial charge in [-0.15, -0.1) is 0 Å². The van der Waals surface area contributed by atoms with E-state index in [1.165, 1.54) is 0 Å². The lowest BCUT2D eigenvalue weighted by Gasteiger charge is -2.39. The largest absolute Gasteiger partial charge is 0.382 e. The first-order valence-corrected chi connectivity index (χ1v) is 6.57. The first-order chi connectivity index (χ1) is 8.75. The number of methoxy groups -OCH3 is 1. The van der Waals surface area contributed by atoms with Gasteiger partial charge in [0.15, 0.2) is 0 Å². The zero-order valence-electron chi connectivity index (χ0n) is 10.6. The highest BCUT2D eigenvalue weighted by Crippen LogP contribution is 2.41. The number of aliphatic hydroxyl groups is 1. The van der Waals surface area contributed by atoms with E-state index < -0.39 is 5.60 Å². The van der Waals surface area contributed by atoms with Crippen LogP contribution in [0, 0.1) is 0 Å². The van der Waals surface area contributed by atoms with Crippen LogP contribution in [-0.4, -0.2) is 23.3 Å². The van der Waals surface area contributed by atoms with E-state index in [9.17, 15) is 5.11 Å². The van der Waals surface area contributed by atoms with Crippen molar-refractivity contribution in [2.75, 3.05) is 7.11 Å². The quantitative estimate of drug-likeness (QED) is 0.854. The standard InChI is InChI=1S/C15H19NO2/c1-18-14-7-2-3-9-15(14,17)12-5-4-6-13-11(12)8-10-16-13/h4-6,8,10,14,16-17H,2-3,7,9H2,1H3. The Balaban J connectivity index is 2.14. The molecule has 96 valence electrons. The van der Waals surface area contributed by atoms with Crippen LogP contribution in [0.1, 0.15) is 31.2 Å². The molecular weight excluding hydrogens is 226 g/mol. The molecule has 2 unspecified atom stereocenters. The van der Waals surface area contributed by atoms with Crippen LogP contribution >= 0.6 is 0 Å². The van der Waals surface area contributed by atoms with Crippen molar-refractivity contribution in [1.29, 1.82) is 0 Å². The van der Waals surface area contributed by atoms with Gasteiger partial charge in [0.05, 0.1) is 6.10 Å². The summed E-state index contributed by atoms with van der Waals surface area (Å²) in [6.07, 6.45) is 5.69. The van der Waals surface area contributed by atoms with Crippen LogP contribution in [0.3, 0.4) is 0 Å². The molecule has 1 saturated carbocycles. The van der Waals surface area contributed by atoms with Gasteiger partial charge in [-0.05, 0) is 30.5 Å². The molecule has 0 spiro atoms. The molecule has 1 heterocycles. The molecule has 3 rings (SSSR count). The van der Waals surface area contributed by atoms with E-state index in [1.807, 2.05) is 30.5 Å². The van der Waals surface area contributed by atoms with Crippen LogP contribution in [0.5, 0.6) is 0 Å². The molecular formula is C15H19NO2. The van der Waals surface area contributed by atoms with Crippen LogP contribution in [0.15, 0.2) is 30.5 Å². The smallest absolute Gasteiger partial charge is 0.116 e. The van der Waals surface area contributed by atoms with E-state index >= 15 is 0 Å². The topological polar surface area (TPSA) is 45.2 Å². The Labute approximate surface area is 107 Å². The van der Waals surface area contributed by atoms with Crippen molar-refractivity contribution in [3.63, 3.8) is 0 Å². The van der Waals surface area contributed by atoms with E-state index in [0.717, 1.165) is 42.1 Å². The first kappa shape index (κ1) is 11.8. The van der Waals surface area contributed by atoms with Crippen molar-refractivity contribution < 1.29 is 9.84 Å². The van der Waals surface area contributed by atoms with Crippen molar-refractivity contribution in [3.05, 3.63) is 36.0 Å². The molecule has 3 heteroatoms. The summed E-state index contributed by atoms with van der Waals surface area (Å²) >= 11 is 0. The molecule has 0 bridgehead atoms. The second-order valence-electron chi connectivity index (χ2n) is 5.14. The Hall–Kier alpha value is -1.32. The summed E-state index contributed by atoms with van der Waals surface area (Å²) in [5.74, 6) is 0. The van der Waals surface area contributed by atoms with Gasteiger partial charge in [-0.2, -0.15) is 0 Å². The number of aromatic nitrogens is 1. The summed E-state index contributed by atoms with van der Waals surface area (Å²) in [6, 6.07) is 8.08. The molecule has 2 aromatic rings. The van der Waals surface area contributed by atoms with E-state index in [2.05, 4.69) is 4.98 Å². The SMILES string of the molecule is COC1CCCCC1(O)c1cccc2[nH]ccc12. The molecule has 1 aromatic carbocycles. The predicted molar refractivity (Wildman–Crippen MR) is 71.5 cm³/mol. The number of H-pyrrole nitrogens is 1. The lowest BCUT2D eigenvalue weighted by molar-refractivity contribution is -0.121. The second kappa shape index (κ2) is 4.41. The fourth-order valence-electron chi connectivity index (χ4n) is 3.21. The van der Waals surface area contributed by atoms with E-state index in [4.69, 9.17) is 4.74 Å². The molecule has 2 N–H and O–H groups in total. The third kappa shape index (κ3) is 1.66. The zero-order valence-corrected chi connectivity index (χ0v) is 10.6. The molecule has 1 aromatic heterocycles. The van der Waals surface area contributed by atoms with Crippen molar-refractivity contribution in [3.8, 4) is 0 Å². The van der Waals surface area contributed by atoms with Gasteiger partial charge in [-0.25, -0.2) is 0 Å². The van der Waals surface area contributed by atoms with E-state index in [0.29, 0.717) is 0 Å². The summed E-state index contributed by atoms with van der Waals surface area (Å²) in [7, 11) is 1.69. The third-order valence-corrected chi connectivity index (χ3v) is 4.15. The van der Waals surface area contributed by atoms with Gasteiger partial charge in [-0.3, -0.25) is 0 Å². The Morgan fingerprint density at radius 3 is 3.06 bits per heavy atom. The maximum atomic E-state index is 11.1. The summed E-state index contributed by atoms with van der Waals surface area (Å²) in [6.45, 7) is 0. The van der Waals surface area contributed by atoms with Crippen molar-refractivity contribution in [2.24, 2.45) is 0 Å². The number of nitrogens with one attached hydrogen (secondary N) is 1. The van der Waals surface area contributed by atoms with Gasteiger partial charge >= 0.3 is 0 Å². The molecule has 3 nitrogen and oxygen atoms in total. The van der Waals surface area contributed by atoms with Crippen LogP contribution in [0.25, 0.3) is 10.9 Å². The highest BCUT2D eigenvalue weighted by atomic mass is 16.5. The number of fused-ring (bicyclic) bond motifs is 1. The fourth-order valence-corrected chi connectivity index (χ4v) is 3.21. The summed E-state index contributed by atoms with van der Waals surface area (Å²) in [5, 5.41) is 12.2. The lowest BCUT2D eigenvalue weighted by Crippen LogP contribution is -2.43. The van der Waals surface area contributed by atoms with Gasteiger partial charge in [0.2, 0.25) is 0 Å². The molecule has 0 aliphatic heterocycles. The number of hydrogen-bond acceptors (Lipinski definition) is 2. The van der Waals surface area contributed by atoms with Crippen LogP contribution in [-0.2, 0) is 10.3 Å². The van der Waals surface area contributed by atoms with Gasteiger partial charge in [0.1, 0.15) is 5.60 Å². The fraction of sp³-hybridized carbons (Fsp3) is 0.467. The molecule has 18 heavy (non-hydrogen) atoms. The molecule has 1 aliphatic carbocycles. The minimum Gasteiger partial charge on any atom is -0.382 e. The van der Waals surface area contributed by atoms with E-state index in [1.54, 1.807) is 7.11 Å². The first-order valence-electron chi connectivity index (χ1n) is 6.57. The molecule has 0 saturated heterocycles. The summed E-state index contributed by atoms with van der Waals surface area (Å²) in [5.41, 5.74) is 1.21. The van der Waals surface area contributed by atoms with Gasteiger partial charge < -0.3 is 14.8 Å². The maximum Gasteiger partial charge on any atom is 0.116 e. The number of ether oxygens (including phenoxy) is 1. The molecule has 1 fully saturated rings. The summed E-state index contributed by atoms with van der Waals surface area (Å²) < 4.78 is 5.53. The highest BCUT2D eigenvalue weighted by molar-refractivity contribution is 5.83. The second-order valence-corrected chi connectivity index (χ2v) is 5.14. The van der Waals surface area contributed by atoms with Crippen LogP contribution in [0.2, 0.25) is 0 Å². The number of hydrogen-bond donors (Lipinski definition) is 2. The Morgan fingerprint density at radius 1 is 1.33 bits per heavy atom. The lowest BCUT2D eigenvalue weighted by atomic mass is 9.76. The average Bonchev–Trinajstić information content (AvgIpc) is 2.87. The molecule has 2 atom stereocenters. The molecule has 0 radical (unpaired) electrons. The minimum atomic E-state index is -0.852. The average molecular weight is 245 g/mol. The number of aromatic amines is 1. The maximum absolute atomic E-state index is 11.1. The van der Waals surface area contributed by atoms with Gasteiger partial charge in [-0.1, -0.05) is 25.0 Å². The Morgan fingerprint density at radius 2 is 2.22 bits per heavy atom. The Bertz CT molecular complexity index is 548. The molecule has 1 aliphatic rings. The van der Waals surface area contributed by atoms with Crippen molar-refractivity contribution in [2.45, 2.75) is 37.4 Å². The van der Waals surface area contributed by atoms with Crippen LogP contribution in [0.4, 0.5) is 0 Å². The normalized spacial score (nSPS) is 28.7. The number of rotatable bonds is 2.